The van der Waals surface area contributed by atoms with Crippen LogP contribution in [0.4, 0.5) is 0 Å². The number of amidine groups is 1. The van der Waals surface area contributed by atoms with Crippen LogP contribution in [0.3, 0.4) is 0 Å². The molecule has 0 amide bonds. The topological polar surface area (TPSA) is 71.8 Å². The average Bonchev–Trinajstić information content (AvgIpc) is 2.66. The van der Waals surface area contributed by atoms with Gasteiger partial charge in [0.15, 0.2) is 0 Å². The van der Waals surface area contributed by atoms with E-state index in [0.29, 0.717) is 0 Å². The quantitative estimate of drug-likeness (QED) is 0.291. The molecule has 0 aliphatic rings. The van der Waals surface area contributed by atoms with Crippen LogP contribution in [0.15, 0.2) is 46.2 Å². The lowest BCUT2D eigenvalue weighted by atomic mass is 10.3. The van der Waals surface area contributed by atoms with Crippen molar-refractivity contribution in [1.29, 1.82) is 0 Å². The van der Waals surface area contributed by atoms with Gasteiger partial charge in [-0.3, -0.25) is 0 Å². The number of benzene rings is 1. The van der Waals surface area contributed by atoms with Crippen LogP contribution in [0.5, 0.6) is 0 Å². The number of nitrogens with two attached hydrogens (primary N) is 1. The number of hydrogen-bond donors (Lipinski definition) is 2. The molecule has 2 aromatic rings. The van der Waals surface area contributed by atoms with Crippen molar-refractivity contribution in [3.63, 3.8) is 0 Å². The van der Waals surface area contributed by atoms with E-state index < -0.39 is 0 Å². The highest BCUT2D eigenvalue weighted by molar-refractivity contribution is 5.76. The van der Waals surface area contributed by atoms with Crippen molar-refractivity contribution >= 4 is 16.8 Å². The van der Waals surface area contributed by atoms with Crippen LogP contribution < -0.4 is 5.73 Å². The van der Waals surface area contributed by atoms with Crippen molar-refractivity contribution in [1.82, 2.24) is 0 Å². The molecule has 3 N–H and O–H groups in total. The Labute approximate surface area is 81.6 Å². The molecule has 14 heavy (non-hydrogen) atoms. The van der Waals surface area contributed by atoms with Gasteiger partial charge < -0.3 is 15.4 Å². The molecule has 1 aromatic carbocycles. The normalized spacial score (nSPS) is 10.8. The van der Waals surface area contributed by atoms with Gasteiger partial charge in [0, 0.05) is 5.39 Å². The minimum absolute atomic E-state index is 0.185. The maximum absolute atomic E-state index is 7.61. The predicted molar refractivity (Wildman–Crippen MR) is 55.3 cm³/mol. The molecule has 0 saturated carbocycles. The molecule has 0 aliphatic heterocycles. The summed E-state index contributed by atoms with van der Waals surface area (Å²) in [4.78, 5) is 0. The standard InChI is InChI=1S/C8H6O.C2H6N2O/c1-2-4-8-7(3-1)5-6-9-8;1-2(3)4-5/h1-6H;5H,1H3,(H2,3,4). The van der Waals surface area contributed by atoms with E-state index in [-0.39, 0.29) is 5.84 Å². The van der Waals surface area contributed by atoms with Crippen LogP contribution >= 0.6 is 0 Å². The summed E-state index contributed by atoms with van der Waals surface area (Å²) < 4.78 is 5.12. The second-order valence-electron chi connectivity index (χ2n) is 2.70. The van der Waals surface area contributed by atoms with Crippen molar-refractivity contribution in [2.24, 2.45) is 10.9 Å². The highest BCUT2D eigenvalue weighted by Crippen LogP contribution is 2.12. The molecule has 0 aliphatic carbocycles. The number of para-hydroxylation sites is 1. The summed E-state index contributed by atoms with van der Waals surface area (Å²) in [5.41, 5.74) is 5.75. The van der Waals surface area contributed by atoms with E-state index in [1.807, 2.05) is 30.3 Å². The Bertz CT molecular complexity index is 386. The lowest BCUT2D eigenvalue weighted by molar-refractivity contribution is 0.318. The fourth-order valence-corrected chi connectivity index (χ4v) is 0.906. The summed E-state index contributed by atoms with van der Waals surface area (Å²) in [6.07, 6.45) is 1.70. The third-order valence-corrected chi connectivity index (χ3v) is 1.52. The molecule has 4 nitrogen and oxygen atoms in total. The number of fused-ring (bicyclic) bond motifs is 1. The monoisotopic (exact) mass is 192 g/mol. The first kappa shape index (κ1) is 10.1. The van der Waals surface area contributed by atoms with Gasteiger partial charge in [0.25, 0.3) is 0 Å². The SMILES string of the molecule is CC(N)=NO.c1ccc2occc2c1. The van der Waals surface area contributed by atoms with Crippen molar-refractivity contribution < 1.29 is 9.62 Å². The molecule has 1 aromatic heterocycles. The van der Waals surface area contributed by atoms with E-state index in [0.717, 1.165) is 11.0 Å². The highest BCUT2D eigenvalue weighted by Gasteiger charge is 1.89. The Balaban J connectivity index is 0.000000171. The fraction of sp³-hybridized carbons (Fsp3) is 0.100. The maximum atomic E-state index is 7.61. The van der Waals surface area contributed by atoms with E-state index in [1.165, 1.54) is 6.92 Å². The van der Waals surface area contributed by atoms with Crippen molar-refractivity contribution in [3.8, 4) is 0 Å². The van der Waals surface area contributed by atoms with Crippen LogP contribution in [0.1, 0.15) is 6.92 Å². The lowest BCUT2D eigenvalue weighted by Crippen LogP contribution is -2.03. The van der Waals surface area contributed by atoms with E-state index >= 15 is 0 Å². The van der Waals surface area contributed by atoms with Gasteiger partial charge in [-0.15, -0.1) is 0 Å². The first-order valence-corrected chi connectivity index (χ1v) is 4.10. The summed E-state index contributed by atoms with van der Waals surface area (Å²) in [6.45, 7) is 1.50. The maximum Gasteiger partial charge on any atom is 0.135 e. The zero-order chi connectivity index (χ0) is 10.4. The first-order chi connectivity index (χ1) is 6.74. The molecule has 4 heteroatoms. The van der Waals surface area contributed by atoms with Gasteiger partial charge in [-0.2, -0.15) is 0 Å². The van der Waals surface area contributed by atoms with Crippen LogP contribution in [0.25, 0.3) is 11.0 Å². The third kappa shape index (κ3) is 2.82. The minimum atomic E-state index is 0.185. The largest absolute Gasteiger partial charge is 0.464 e. The summed E-state index contributed by atoms with van der Waals surface area (Å²) in [5, 5.41) is 11.4. The number of hydrogen-bond acceptors (Lipinski definition) is 3. The Morgan fingerprint density at radius 1 is 1.36 bits per heavy atom. The second-order valence-corrected chi connectivity index (χ2v) is 2.70. The molecular formula is C10H12N2O2. The molecular weight excluding hydrogens is 180 g/mol. The van der Waals surface area contributed by atoms with E-state index in [4.69, 9.17) is 15.4 Å². The lowest BCUT2D eigenvalue weighted by Gasteiger charge is -1.81. The minimum Gasteiger partial charge on any atom is -0.464 e. The van der Waals surface area contributed by atoms with E-state index in [2.05, 4.69) is 5.16 Å². The van der Waals surface area contributed by atoms with Crippen molar-refractivity contribution in [2.75, 3.05) is 0 Å². The van der Waals surface area contributed by atoms with Crippen LogP contribution in [-0.2, 0) is 0 Å². The summed E-state index contributed by atoms with van der Waals surface area (Å²) >= 11 is 0. The van der Waals surface area contributed by atoms with Crippen LogP contribution in [0.2, 0.25) is 0 Å². The summed E-state index contributed by atoms with van der Waals surface area (Å²) in [5.74, 6) is 0.185. The average molecular weight is 192 g/mol. The molecule has 0 atom stereocenters. The van der Waals surface area contributed by atoms with Gasteiger partial charge in [0.1, 0.15) is 11.4 Å². The molecule has 74 valence electrons. The zero-order valence-electron chi connectivity index (χ0n) is 7.84. The molecule has 0 saturated heterocycles. The molecule has 0 spiro atoms. The number of oxime groups is 1. The Morgan fingerprint density at radius 2 is 2.00 bits per heavy atom. The molecule has 0 unspecified atom stereocenters. The number of furan rings is 1. The second kappa shape index (κ2) is 4.91. The fourth-order valence-electron chi connectivity index (χ4n) is 0.906. The van der Waals surface area contributed by atoms with E-state index in [1.54, 1.807) is 6.26 Å². The first-order valence-electron chi connectivity index (χ1n) is 4.10. The predicted octanol–water partition coefficient (Wildman–Crippen LogP) is 2.19. The molecule has 1 heterocycles. The van der Waals surface area contributed by atoms with Gasteiger partial charge in [0.2, 0.25) is 0 Å². The van der Waals surface area contributed by atoms with Crippen molar-refractivity contribution in [2.45, 2.75) is 6.92 Å². The van der Waals surface area contributed by atoms with Crippen LogP contribution in [-0.4, -0.2) is 11.0 Å². The smallest absolute Gasteiger partial charge is 0.135 e. The molecule has 2 rings (SSSR count). The number of nitrogens with zero attached hydrogens (tertiary/aromatic N) is 1. The molecule has 0 bridgehead atoms. The van der Waals surface area contributed by atoms with Crippen LogP contribution in [0, 0.1) is 0 Å². The number of rotatable bonds is 0. The Hall–Kier alpha value is -1.97. The van der Waals surface area contributed by atoms with Gasteiger partial charge in [0.05, 0.1) is 6.26 Å². The summed E-state index contributed by atoms with van der Waals surface area (Å²) in [6, 6.07) is 9.90. The third-order valence-electron chi connectivity index (χ3n) is 1.52. The highest BCUT2D eigenvalue weighted by atomic mass is 16.4. The Morgan fingerprint density at radius 3 is 2.57 bits per heavy atom. The Kier molecular flexibility index (Phi) is 3.55. The van der Waals surface area contributed by atoms with E-state index in [9.17, 15) is 0 Å². The van der Waals surface area contributed by atoms with Crippen molar-refractivity contribution in [3.05, 3.63) is 36.6 Å². The van der Waals surface area contributed by atoms with Gasteiger partial charge in [-0.05, 0) is 19.1 Å². The zero-order valence-corrected chi connectivity index (χ0v) is 7.84. The summed E-state index contributed by atoms with van der Waals surface area (Å²) in [7, 11) is 0. The van der Waals surface area contributed by atoms with Gasteiger partial charge in [-0.1, -0.05) is 23.4 Å². The molecule has 0 fully saturated rings. The van der Waals surface area contributed by atoms with Gasteiger partial charge in [-0.25, -0.2) is 0 Å². The molecule has 0 radical (unpaired) electrons. The van der Waals surface area contributed by atoms with Gasteiger partial charge >= 0.3 is 0 Å².